The van der Waals surface area contributed by atoms with Crippen molar-refractivity contribution in [3.8, 4) is 6.07 Å². The van der Waals surface area contributed by atoms with Gasteiger partial charge in [0.2, 0.25) is 0 Å². The van der Waals surface area contributed by atoms with Gasteiger partial charge in [-0.25, -0.2) is 0 Å². The van der Waals surface area contributed by atoms with Gasteiger partial charge in [-0.2, -0.15) is 17.0 Å². The van der Waals surface area contributed by atoms with Crippen molar-refractivity contribution in [3.05, 3.63) is 29.6 Å². The quantitative estimate of drug-likeness (QED) is 0.761. The summed E-state index contributed by atoms with van der Waals surface area (Å²) in [4.78, 5) is 16.1. The SMILES string of the molecule is CC(C)CSC(CC(=O)C(C)C)c1cncc(C#N)c1. The summed E-state index contributed by atoms with van der Waals surface area (Å²) in [5.74, 6) is 1.87. The first-order chi connectivity index (χ1) is 9.43. The van der Waals surface area contributed by atoms with Gasteiger partial charge in [0.25, 0.3) is 0 Å². The van der Waals surface area contributed by atoms with Crippen molar-refractivity contribution in [1.82, 2.24) is 4.98 Å². The average Bonchev–Trinajstić information content (AvgIpc) is 2.42. The Morgan fingerprint density at radius 1 is 1.35 bits per heavy atom. The first kappa shape index (κ1) is 16.7. The summed E-state index contributed by atoms with van der Waals surface area (Å²) in [5.41, 5.74) is 1.53. The number of carbonyl (C=O) groups excluding carboxylic acids is 1. The lowest BCUT2D eigenvalue weighted by Gasteiger charge is -2.18. The monoisotopic (exact) mass is 290 g/mol. The molecule has 20 heavy (non-hydrogen) atoms. The van der Waals surface area contributed by atoms with Crippen LogP contribution < -0.4 is 0 Å². The second-order valence-electron chi connectivity index (χ2n) is 5.66. The van der Waals surface area contributed by atoms with Gasteiger partial charge in [-0.3, -0.25) is 9.78 Å². The van der Waals surface area contributed by atoms with Crippen LogP contribution in [0.15, 0.2) is 18.5 Å². The lowest BCUT2D eigenvalue weighted by Crippen LogP contribution is -2.12. The third kappa shape index (κ3) is 5.34. The Kier molecular flexibility index (Phi) is 6.74. The molecule has 4 heteroatoms. The van der Waals surface area contributed by atoms with Crippen molar-refractivity contribution >= 4 is 17.5 Å². The van der Waals surface area contributed by atoms with E-state index in [-0.39, 0.29) is 17.0 Å². The molecule has 108 valence electrons. The van der Waals surface area contributed by atoms with Gasteiger partial charge in [0.15, 0.2) is 0 Å². The maximum absolute atomic E-state index is 12.0. The number of carbonyl (C=O) groups is 1. The fraction of sp³-hybridized carbons (Fsp3) is 0.562. The predicted octanol–water partition coefficient (Wildman–Crippen LogP) is 4.00. The molecule has 0 bridgehead atoms. The summed E-state index contributed by atoms with van der Waals surface area (Å²) in [6.45, 7) is 8.18. The number of hydrogen-bond donors (Lipinski definition) is 0. The summed E-state index contributed by atoms with van der Waals surface area (Å²) < 4.78 is 0. The predicted molar refractivity (Wildman–Crippen MR) is 83.5 cm³/mol. The number of thioether (sulfide) groups is 1. The molecule has 0 saturated carbocycles. The lowest BCUT2D eigenvalue weighted by molar-refractivity contribution is -0.121. The molecular formula is C16H22N2OS. The lowest BCUT2D eigenvalue weighted by atomic mass is 10.0. The van der Waals surface area contributed by atoms with Gasteiger partial charge < -0.3 is 0 Å². The first-order valence-corrected chi connectivity index (χ1v) is 7.98. The minimum Gasteiger partial charge on any atom is -0.299 e. The molecule has 0 N–H and O–H groups in total. The van der Waals surface area contributed by atoms with E-state index < -0.39 is 0 Å². The zero-order chi connectivity index (χ0) is 15.1. The molecule has 0 aromatic carbocycles. The third-order valence-electron chi connectivity index (χ3n) is 2.92. The Bertz CT molecular complexity index is 491. The number of Topliss-reactive ketones (excluding diaryl/α,β-unsaturated/α-hetero) is 1. The van der Waals surface area contributed by atoms with E-state index in [9.17, 15) is 4.79 Å². The van der Waals surface area contributed by atoms with E-state index in [4.69, 9.17) is 5.26 Å². The fourth-order valence-corrected chi connectivity index (χ4v) is 2.92. The number of rotatable bonds is 7. The Morgan fingerprint density at radius 3 is 2.60 bits per heavy atom. The number of hydrogen-bond acceptors (Lipinski definition) is 4. The molecule has 0 amide bonds. The van der Waals surface area contributed by atoms with E-state index in [1.165, 1.54) is 0 Å². The van der Waals surface area contributed by atoms with E-state index >= 15 is 0 Å². The van der Waals surface area contributed by atoms with Crippen LogP contribution in [0, 0.1) is 23.2 Å². The minimum atomic E-state index is 0.0456. The number of nitriles is 1. The number of ketones is 1. The highest BCUT2D eigenvalue weighted by Crippen LogP contribution is 2.34. The van der Waals surface area contributed by atoms with Crippen LogP contribution in [-0.4, -0.2) is 16.5 Å². The molecule has 0 aliphatic rings. The van der Waals surface area contributed by atoms with Crippen LogP contribution in [0.1, 0.15) is 50.5 Å². The summed E-state index contributed by atoms with van der Waals surface area (Å²) in [6, 6.07) is 3.95. The van der Waals surface area contributed by atoms with Crippen molar-refractivity contribution < 1.29 is 4.79 Å². The molecule has 1 atom stereocenters. The minimum absolute atomic E-state index is 0.0456. The van der Waals surface area contributed by atoms with Crippen molar-refractivity contribution in [2.24, 2.45) is 11.8 Å². The van der Waals surface area contributed by atoms with Crippen LogP contribution in [0.2, 0.25) is 0 Å². The number of nitrogens with zero attached hydrogens (tertiary/aromatic N) is 2. The molecule has 3 nitrogen and oxygen atoms in total. The maximum Gasteiger partial charge on any atom is 0.136 e. The molecule has 0 radical (unpaired) electrons. The van der Waals surface area contributed by atoms with Crippen LogP contribution in [0.5, 0.6) is 0 Å². The number of aromatic nitrogens is 1. The second kappa shape index (κ2) is 8.06. The molecule has 0 spiro atoms. The van der Waals surface area contributed by atoms with Crippen LogP contribution in [-0.2, 0) is 4.79 Å². The van der Waals surface area contributed by atoms with E-state index in [1.807, 2.05) is 19.9 Å². The molecule has 1 aromatic rings. The molecule has 1 rings (SSSR count). The maximum atomic E-state index is 12.0. The normalized spacial score (nSPS) is 12.4. The molecule has 1 unspecified atom stereocenters. The highest BCUT2D eigenvalue weighted by atomic mass is 32.2. The smallest absolute Gasteiger partial charge is 0.136 e. The van der Waals surface area contributed by atoms with E-state index in [0.29, 0.717) is 17.9 Å². The van der Waals surface area contributed by atoms with Gasteiger partial charge in [-0.15, -0.1) is 0 Å². The van der Waals surface area contributed by atoms with Gasteiger partial charge >= 0.3 is 0 Å². The van der Waals surface area contributed by atoms with Crippen LogP contribution >= 0.6 is 11.8 Å². The van der Waals surface area contributed by atoms with Crippen LogP contribution in [0.3, 0.4) is 0 Å². The topological polar surface area (TPSA) is 53.8 Å². The number of pyridine rings is 1. The summed E-state index contributed by atoms with van der Waals surface area (Å²) >= 11 is 1.78. The van der Waals surface area contributed by atoms with Gasteiger partial charge in [0, 0.05) is 30.0 Å². The molecule has 0 aliphatic heterocycles. The Balaban J connectivity index is 2.90. The van der Waals surface area contributed by atoms with Crippen LogP contribution in [0.25, 0.3) is 0 Å². The average molecular weight is 290 g/mol. The molecule has 0 saturated heterocycles. The Hall–Kier alpha value is -1.34. The summed E-state index contributed by atoms with van der Waals surface area (Å²) in [5, 5.41) is 9.06. The highest BCUT2D eigenvalue weighted by Gasteiger charge is 2.19. The molecule has 0 aliphatic carbocycles. The third-order valence-corrected chi connectivity index (χ3v) is 4.62. The molecular weight excluding hydrogens is 268 g/mol. The largest absolute Gasteiger partial charge is 0.299 e. The van der Waals surface area contributed by atoms with Gasteiger partial charge in [-0.1, -0.05) is 27.7 Å². The van der Waals surface area contributed by atoms with E-state index in [1.54, 1.807) is 24.2 Å². The molecule has 0 fully saturated rings. The molecule has 1 heterocycles. The van der Waals surface area contributed by atoms with Crippen molar-refractivity contribution in [2.75, 3.05) is 5.75 Å². The fourth-order valence-electron chi connectivity index (χ4n) is 1.69. The first-order valence-electron chi connectivity index (χ1n) is 6.93. The Morgan fingerprint density at radius 2 is 2.05 bits per heavy atom. The molecule has 1 aromatic heterocycles. The van der Waals surface area contributed by atoms with Crippen molar-refractivity contribution in [3.63, 3.8) is 0 Å². The zero-order valence-corrected chi connectivity index (χ0v) is 13.4. The summed E-state index contributed by atoms with van der Waals surface area (Å²) in [6.07, 6.45) is 3.83. The van der Waals surface area contributed by atoms with E-state index in [2.05, 4.69) is 24.9 Å². The van der Waals surface area contributed by atoms with Crippen molar-refractivity contribution in [1.29, 1.82) is 5.26 Å². The standard InChI is InChI=1S/C16H22N2OS/c1-11(2)10-20-16(6-15(19)12(3)4)14-5-13(7-17)8-18-9-14/h5,8-9,11-12,16H,6,10H2,1-4H3. The van der Waals surface area contributed by atoms with E-state index in [0.717, 1.165) is 11.3 Å². The van der Waals surface area contributed by atoms with Gasteiger partial charge in [0.05, 0.1) is 5.56 Å². The zero-order valence-electron chi connectivity index (χ0n) is 12.6. The van der Waals surface area contributed by atoms with Gasteiger partial charge in [0.1, 0.15) is 11.9 Å². The van der Waals surface area contributed by atoms with Gasteiger partial charge in [-0.05, 0) is 23.3 Å². The Labute approximate surface area is 125 Å². The van der Waals surface area contributed by atoms with Crippen LogP contribution in [0.4, 0.5) is 0 Å². The summed E-state index contributed by atoms with van der Waals surface area (Å²) in [7, 11) is 0. The van der Waals surface area contributed by atoms with Crippen molar-refractivity contribution in [2.45, 2.75) is 39.4 Å². The highest BCUT2D eigenvalue weighted by molar-refractivity contribution is 7.99. The second-order valence-corrected chi connectivity index (χ2v) is 6.90.